The van der Waals surface area contributed by atoms with Gasteiger partial charge in [0.1, 0.15) is 0 Å². The maximum Gasteiger partial charge on any atom is 0.240 e. The van der Waals surface area contributed by atoms with Crippen molar-refractivity contribution in [2.75, 3.05) is 27.2 Å². The molecular weight excluding hydrogens is 240 g/mol. The molecule has 0 unspecified atom stereocenters. The van der Waals surface area contributed by atoms with E-state index in [1.54, 1.807) is 7.05 Å². The van der Waals surface area contributed by atoms with Gasteiger partial charge in [0, 0.05) is 26.2 Å². The van der Waals surface area contributed by atoms with Gasteiger partial charge < -0.3 is 15.5 Å². The second kappa shape index (κ2) is 8.56. The van der Waals surface area contributed by atoms with E-state index in [2.05, 4.69) is 21.7 Å². The van der Waals surface area contributed by atoms with E-state index < -0.39 is 0 Å². The second-order valence-electron chi connectivity index (χ2n) is 5.49. The molecule has 0 aliphatic carbocycles. The highest BCUT2D eigenvalue weighted by Crippen LogP contribution is 1.98. The van der Waals surface area contributed by atoms with Crippen molar-refractivity contribution in [3.8, 4) is 0 Å². The van der Waals surface area contributed by atoms with Crippen LogP contribution in [0.15, 0.2) is 17.1 Å². The van der Waals surface area contributed by atoms with Crippen LogP contribution in [0.5, 0.6) is 0 Å². The van der Waals surface area contributed by atoms with Gasteiger partial charge in [-0.05, 0) is 34.1 Å². The Morgan fingerprint density at radius 1 is 1.37 bits per heavy atom. The zero-order valence-electron chi connectivity index (χ0n) is 13.1. The van der Waals surface area contributed by atoms with Crippen LogP contribution in [-0.4, -0.2) is 49.5 Å². The highest BCUT2D eigenvalue weighted by atomic mass is 16.2. The first kappa shape index (κ1) is 17.5. The minimum Gasteiger partial charge on any atom is -0.356 e. The van der Waals surface area contributed by atoms with Crippen LogP contribution in [0.3, 0.4) is 0 Å². The van der Waals surface area contributed by atoms with Crippen molar-refractivity contribution in [3.63, 3.8) is 0 Å². The van der Waals surface area contributed by atoms with Crippen LogP contribution in [0.1, 0.15) is 34.1 Å². The fraction of sp³-hybridized carbons (Fsp3) is 0.714. The van der Waals surface area contributed by atoms with Crippen molar-refractivity contribution in [1.29, 1.82) is 0 Å². The lowest BCUT2D eigenvalue weighted by Gasteiger charge is -2.25. The third kappa shape index (κ3) is 9.11. The quantitative estimate of drug-likeness (QED) is 0.343. The number of allylic oxidation sites excluding steroid dienone is 1. The van der Waals surface area contributed by atoms with Crippen molar-refractivity contribution in [2.45, 2.75) is 39.7 Å². The number of amides is 1. The number of hydrogen-bond donors (Lipinski definition) is 2. The van der Waals surface area contributed by atoms with Gasteiger partial charge in [-0.25, -0.2) is 0 Å². The summed E-state index contributed by atoms with van der Waals surface area (Å²) in [6, 6.07) is 0. The van der Waals surface area contributed by atoms with Crippen molar-refractivity contribution in [3.05, 3.63) is 12.2 Å². The number of rotatable bonds is 5. The largest absolute Gasteiger partial charge is 0.356 e. The second-order valence-corrected chi connectivity index (χ2v) is 5.49. The fourth-order valence-corrected chi connectivity index (χ4v) is 1.57. The maximum atomic E-state index is 11.8. The average molecular weight is 268 g/mol. The number of guanidine groups is 1. The Labute approximate surface area is 117 Å². The first-order chi connectivity index (χ1) is 8.80. The maximum absolute atomic E-state index is 11.8. The third-order valence-corrected chi connectivity index (χ3v) is 2.30. The molecule has 0 saturated carbocycles. The fourth-order valence-electron chi connectivity index (χ4n) is 1.57. The molecule has 0 saturated heterocycles. The third-order valence-electron chi connectivity index (χ3n) is 2.30. The molecule has 110 valence electrons. The molecule has 0 aliphatic rings. The molecule has 0 aromatic rings. The van der Waals surface area contributed by atoms with Crippen LogP contribution < -0.4 is 10.6 Å². The van der Waals surface area contributed by atoms with Crippen LogP contribution in [0.25, 0.3) is 0 Å². The molecule has 1 amide bonds. The number of carbonyl (C=O) groups is 1. The van der Waals surface area contributed by atoms with Crippen molar-refractivity contribution < 1.29 is 4.79 Å². The topological polar surface area (TPSA) is 56.7 Å². The predicted octanol–water partition coefficient (Wildman–Crippen LogP) is 1.37. The summed E-state index contributed by atoms with van der Waals surface area (Å²) >= 11 is 0. The Hall–Kier alpha value is -1.52. The van der Waals surface area contributed by atoms with E-state index in [0.29, 0.717) is 6.54 Å². The number of nitrogens with zero attached hydrogens (tertiary/aromatic N) is 2. The first-order valence-electron chi connectivity index (χ1n) is 6.64. The molecule has 0 radical (unpaired) electrons. The smallest absolute Gasteiger partial charge is 0.240 e. The van der Waals surface area contributed by atoms with Crippen LogP contribution in [0.2, 0.25) is 0 Å². The van der Waals surface area contributed by atoms with Gasteiger partial charge in [-0.2, -0.15) is 0 Å². The Balaban J connectivity index is 4.21. The van der Waals surface area contributed by atoms with Crippen molar-refractivity contribution in [2.24, 2.45) is 4.99 Å². The normalized spacial score (nSPS) is 12.6. The van der Waals surface area contributed by atoms with Gasteiger partial charge >= 0.3 is 0 Å². The van der Waals surface area contributed by atoms with Crippen LogP contribution >= 0.6 is 0 Å². The van der Waals surface area contributed by atoms with E-state index in [1.165, 1.54) is 0 Å². The number of aliphatic imine (C=N–C) groups is 1. The van der Waals surface area contributed by atoms with Gasteiger partial charge in [0.05, 0.1) is 6.54 Å². The zero-order chi connectivity index (χ0) is 14.9. The molecule has 5 nitrogen and oxygen atoms in total. The Bertz CT molecular complexity index is 329. The van der Waals surface area contributed by atoms with Crippen molar-refractivity contribution >= 4 is 11.9 Å². The lowest BCUT2D eigenvalue weighted by Crippen LogP contribution is -2.48. The summed E-state index contributed by atoms with van der Waals surface area (Å²) in [6.45, 7) is 9.00. The number of likely N-dealkylation sites (N-methyl/N-ethyl adjacent to an activating group) is 1. The van der Waals surface area contributed by atoms with E-state index in [9.17, 15) is 4.79 Å². The van der Waals surface area contributed by atoms with E-state index in [0.717, 1.165) is 18.9 Å². The standard InChI is InChI=1S/C14H28N4O/c1-7-8-9-10-16-13(15-5)18(6)11-12(19)17-14(2,3)4/h7-8H,9-11H2,1-6H3,(H,15,16)(H,17,19)/b8-7+. The molecule has 2 N–H and O–H groups in total. The van der Waals surface area contributed by atoms with Crippen LogP contribution in [0.4, 0.5) is 0 Å². The summed E-state index contributed by atoms with van der Waals surface area (Å²) in [5.41, 5.74) is -0.208. The molecule has 0 aromatic carbocycles. The number of carbonyl (C=O) groups excluding carboxylic acids is 1. The predicted molar refractivity (Wildman–Crippen MR) is 81.3 cm³/mol. The van der Waals surface area contributed by atoms with E-state index in [4.69, 9.17) is 0 Å². The monoisotopic (exact) mass is 268 g/mol. The molecule has 0 bridgehead atoms. The van der Waals surface area contributed by atoms with Gasteiger partial charge in [0.15, 0.2) is 5.96 Å². The molecule has 19 heavy (non-hydrogen) atoms. The van der Waals surface area contributed by atoms with E-state index in [-0.39, 0.29) is 11.4 Å². The van der Waals surface area contributed by atoms with Gasteiger partial charge in [-0.3, -0.25) is 9.79 Å². The molecule has 0 spiro atoms. The molecule has 0 aromatic heterocycles. The summed E-state index contributed by atoms with van der Waals surface area (Å²) in [5, 5.41) is 6.15. The first-order valence-corrected chi connectivity index (χ1v) is 6.64. The minimum absolute atomic E-state index is 0.00796. The molecule has 0 rings (SSSR count). The lowest BCUT2D eigenvalue weighted by molar-refractivity contribution is -0.122. The van der Waals surface area contributed by atoms with E-state index >= 15 is 0 Å². The summed E-state index contributed by atoms with van der Waals surface area (Å²) in [4.78, 5) is 17.8. The summed E-state index contributed by atoms with van der Waals surface area (Å²) in [7, 11) is 3.57. The minimum atomic E-state index is -0.208. The van der Waals surface area contributed by atoms with Gasteiger partial charge in [-0.15, -0.1) is 0 Å². The zero-order valence-corrected chi connectivity index (χ0v) is 13.1. The van der Waals surface area contributed by atoms with Gasteiger partial charge in [0.2, 0.25) is 5.91 Å². The SMILES string of the molecule is C/C=C/CCNC(=NC)N(C)CC(=O)NC(C)(C)C. The molecular formula is C14H28N4O. The average Bonchev–Trinajstić information content (AvgIpc) is 2.26. The van der Waals surface area contributed by atoms with Gasteiger partial charge in [-0.1, -0.05) is 12.2 Å². The molecule has 0 atom stereocenters. The molecule has 0 heterocycles. The van der Waals surface area contributed by atoms with E-state index in [1.807, 2.05) is 45.7 Å². The highest BCUT2D eigenvalue weighted by molar-refractivity contribution is 5.86. The lowest BCUT2D eigenvalue weighted by atomic mass is 10.1. The Morgan fingerprint density at radius 3 is 2.47 bits per heavy atom. The summed E-state index contributed by atoms with van der Waals surface area (Å²) in [5.74, 6) is 0.722. The van der Waals surface area contributed by atoms with Crippen LogP contribution in [0, 0.1) is 0 Å². The molecule has 0 fully saturated rings. The number of hydrogen-bond acceptors (Lipinski definition) is 2. The summed E-state index contributed by atoms with van der Waals surface area (Å²) < 4.78 is 0. The summed E-state index contributed by atoms with van der Waals surface area (Å²) in [6.07, 6.45) is 5.05. The Kier molecular flexibility index (Phi) is 7.87. The Morgan fingerprint density at radius 2 is 2.00 bits per heavy atom. The highest BCUT2D eigenvalue weighted by Gasteiger charge is 2.16. The molecule has 0 aliphatic heterocycles. The van der Waals surface area contributed by atoms with Crippen LogP contribution in [-0.2, 0) is 4.79 Å². The van der Waals surface area contributed by atoms with Gasteiger partial charge in [0.25, 0.3) is 0 Å². The molecule has 5 heteroatoms. The number of nitrogens with one attached hydrogen (secondary N) is 2. The van der Waals surface area contributed by atoms with Crippen molar-refractivity contribution in [1.82, 2.24) is 15.5 Å².